The van der Waals surface area contributed by atoms with E-state index in [9.17, 15) is 0 Å². The monoisotopic (exact) mass is 249 g/mol. The predicted molar refractivity (Wildman–Crippen MR) is 66.4 cm³/mol. The Balaban J connectivity index is 2.62. The van der Waals surface area contributed by atoms with E-state index in [4.69, 9.17) is 15.2 Å². The van der Waals surface area contributed by atoms with Gasteiger partial charge in [0, 0.05) is 12.6 Å². The third-order valence-electron chi connectivity index (χ3n) is 2.64. The van der Waals surface area contributed by atoms with Crippen LogP contribution in [0.2, 0.25) is 0 Å². The molecular formula is C11H15N5O2. The van der Waals surface area contributed by atoms with Gasteiger partial charge in [0.25, 0.3) is 0 Å². The van der Waals surface area contributed by atoms with Crippen molar-refractivity contribution >= 4 is 5.69 Å². The maximum absolute atomic E-state index is 6.04. The molecule has 1 aromatic heterocycles. The number of ether oxygens (including phenoxy) is 2. The van der Waals surface area contributed by atoms with Crippen molar-refractivity contribution in [2.45, 2.75) is 13.5 Å². The second-order valence-electron chi connectivity index (χ2n) is 3.61. The number of nitrogens with zero attached hydrogens (tertiary/aromatic N) is 4. The molecule has 2 N–H and O–H groups in total. The summed E-state index contributed by atoms with van der Waals surface area (Å²) in [6.07, 6.45) is 0. The number of anilines is 1. The number of tetrazole rings is 1. The summed E-state index contributed by atoms with van der Waals surface area (Å²) in [5.41, 5.74) is 7.22. The lowest BCUT2D eigenvalue weighted by Crippen LogP contribution is -2.03. The second kappa shape index (κ2) is 4.91. The van der Waals surface area contributed by atoms with Gasteiger partial charge in [-0.25, -0.2) is 4.68 Å². The zero-order valence-electron chi connectivity index (χ0n) is 10.5. The summed E-state index contributed by atoms with van der Waals surface area (Å²) in [7, 11) is 3.13. The molecule has 0 fully saturated rings. The van der Waals surface area contributed by atoms with Gasteiger partial charge in [0.2, 0.25) is 0 Å². The fourth-order valence-corrected chi connectivity index (χ4v) is 1.68. The number of rotatable bonds is 4. The summed E-state index contributed by atoms with van der Waals surface area (Å²) in [5, 5.41) is 11.5. The highest BCUT2D eigenvalue weighted by atomic mass is 16.5. The molecule has 2 aromatic rings. The van der Waals surface area contributed by atoms with E-state index >= 15 is 0 Å². The Kier molecular flexibility index (Phi) is 3.31. The highest BCUT2D eigenvalue weighted by molar-refractivity contribution is 5.78. The average molecular weight is 249 g/mol. The number of aryl methyl sites for hydroxylation is 1. The Morgan fingerprint density at radius 3 is 2.67 bits per heavy atom. The van der Waals surface area contributed by atoms with Crippen molar-refractivity contribution in [2.24, 2.45) is 0 Å². The number of aromatic nitrogens is 4. The summed E-state index contributed by atoms with van der Waals surface area (Å²) < 4.78 is 12.1. The van der Waals surface area contributed by atoms with Crippen LogP contribution in [0.15, 0.2) is 12.1 Å². The Hall–Kier alpha value is -2.31. The lowest BCUT2D eigenvalue weighted by molar-refractivity contribution is 0.396. The van der Waals surface area contributed by atoms with Crippen molar-refractivity contribution in [1.29, 1.82) is 0 Å². The molecule has 7 heteroatoms. The normalized spacial score (nSPS) is 10.4. The van der Waals surface area contributed by atoms with Crippen LogP contribution in [0.5, 0.6) is 11.5 Å². The number of methoxy groups -OCH3 is 2. The van der Waals surface area contributed by atoms with E-state index in [2.05, 4.69) is 15.5 Å². The van der Waals surface area contributed by atoms with Crippen molar-refractivity contribution < 1.29 is 9.47 Å². The van der Waals surface area contributed by atoms with Crippen molar-refractivity contribution in [1.82, 2.24) is 20.2 Å². The molecular weight excluding hydrogens is 234 g/mol. The van der Waals surface area contributed by atoms with Crippen LogP contribution in [0.4, 0.5) is 5.69 Å². The van der Waals surface area contributed by atoms with Crippen LogP contribution in [-0.4, -0.2) is 34.4 Å². The molecule has 2 rings (SSSR count). The smallest absolute Gasteiger partial charge is 0.184 e. The number of benzene rings is 1. The van der Waals surface area contributed by atoms with Gasteiger partial charge in [-0.05, 0) is 23.4 Å². The third kappa shape index (κ3) is 1.94. The largest absolute Gasteiger partial charge is 0.497 e. The molecule has 1 aromatic carbocycles. The molecule has 0 aliphatic rings. The highest BCUT2D eigenvalue weighted by Crippen LogP contribution is 2.36. The lowest BCUT2D eigenvalue weighted by atomic mass is 10.1. The summed E-state index contributed by atoms with van der Waals surface area (Å²) in [6, 6.07) is 3.51. The van der Waals surface area contributed by atoms with Crippen LogP contribution in [0.3, 0.4) is 0 Å². The molecule has 0 spiro atoms. The first-order chi connectivity index (χ1) is 8.71. The van der Waals surface area contributed by atoms with Gasteiger partial charge in [-0.1, -0.05) is 0 Å². The van der Waals surface area contributed by atoms with Crippen molar-refractivity contribution in [2.75, 3.05) is 20.0 Å². The van der Waals surface area contributed by atoms with Gasteiger partial charge in [0.1, 0.15) is 11.5 Å². The van der Waals surface area contributed by atoms with E-state index in [-0.39, 0.29) is 0 Å². The Bertz CT molecular complexity index is 552. The number of nitrogen functional groups attached to an aromatic ring is 1. The van der Waals surface area contributed by atoms with Crippen LogP contribution in [0, 0.1) is 0 Å². The molecule has 0 atom stereocenters. The molecule has 0 aliphatic carbocycles. The number of hydrogen-bond donors (Lipinski definition) is 1. The molecule has 7 nitrogen and oxygen atoms in total. The quantitative estimate of drug-likeness (QED) is 0.812. The van der Waals surface area contributed by atoms with E-state index in [0.717, 1.165) is 0 Å². The van der Waals surface area contributed by atoms with Gasteiger partial charge < -0.3 is 15.2 Å². The molecule has 0 radical (unpaired) electrons. The minimum absolute atomic E-state index is 0.489. The van der Waals surface area contributed by atoms with Crippen LogP contribution in [0.25, 0.3) is 11.4 Å². The fraction of sp³-hybridized carbons (Fsp3) is 0.364. The topological polar surface area (TPSA) is 88.1 Å². The molecule has 0 bridgehead atoms. The standard InChI is InChI=1S/C11H15N5O2/c1-4-16-11(13-14-15-16)8-5-7(17-2)6-9(18-3)10(8)12/h5-6H,4,12H2,1-3H3. The molecule has 0 amide bonds. The van der Waals surface area contributed by atoms with E-state index in [1.807, 2.05) is 6.92 Å². The maximum Gasteiger partial charge on any atom is 0.184 e. The highest BCUT2D eigenvalue weighted by Gasteiger charge is 2.16. The number of hydrogen-bond acceptors (Lipinski definition) is 6. The Morgan fingerprint density at radius 2 is 2.06 bits per heavy atom. The first kappa shape index (κ1) is 12.2. The Labute approximate surface area is 104 Å². The maximum atomic E-state index is 6.04. The summed E-state index contributed by atoms with van der Waals surface area (Å²) in [6.45, 7) is 2.61. The fourth-order valence-electron chi connectivity index (χ4n) is 1.68. The SMILES string of the molecule is CCn1nnnc1-c1cc(OC)cc(OC)c1N. The predicted octanol–water partition coefficient (Wildman–Crippen LogP) is 0.959. The van der Waals surface area contributed by atoms with Crippen molar-refractivity contribution in [3.05, 3.63) is 12.1 Å². The average Bonchev–Trinajstić information content (AvgIpc) is 2.87. The first-order valence-electron chi connectivity index (χ1n) is 5.49. The molecule has 0 unspecified atom stereocenters. The van der Waals surface area contributed by atoms with Gasteiger partial charge in [-0.15, -0.1) is 5.10 Å². The van der Waals surface area contributed by atoms with Crippen LogP contribution in [-0.2, 0) is 6.54 Å². The van der Waals surface area contributed by atoms with Gasteiger partial charge in [-0.2, -0.15) is 0 Å². The molecule has 1 heterocycles. The van der Waals surface area contributed by atoms with Crippen LogP contribution in [0.1, 0.15) is 6.92 Å². The van der Waals surface area contributed by atoms with Crippen LogP contribution >= 0.6 is 0 Å². The molecule has 0 aliphatic heterocycles. The Morgan fingerprint density at radius 1 is 1.28 bits per heavy atom. The summed E-state index contributed by atoms with van der Waals surface area (Å²) in [5.74, 6) is 1.77. The summed E-state index contributed by atoms with van der Waals surface area (Å²) in [4.78, 5) is 0. The third-order valence-corrected chi connectivity index (χ3v) is 2.64. The molecule has 18 heavy (non-hydrogen) atoms. The lowest BCUT2D eigenvalue weighted by Gasteiger charge is -2.12. The molecule has 0 saturated carbocycles. The van der Waals surface area contributed by atoms with Gasteiger partial charge in [0.05, 0.1) is 25.5 Å². The van der Waals surface area contributed by atoms with Crippen molar-refractivity contribution in [3.63, 3.8) is 0 Å². The zero-order valence-corrected chi connectivity index (χ0v) is 10.5. The van der Waals surface area contributed by atoms with Gasteiger partial charge in [-0.3, -0.25) is 0 Å². The van der Waals surface area contributed by atoms with Crippen molar-refractivity contribution in [3.8, 4) is 22.9 Å². The molecule has 96 valence electrons. The number of nitrogens with two attached hydrogens (primary N) is 1. The minimum atomic E-state index is 0.489. The van der Waals surface area contributed by atoms with Gasteiger partial charge >= 0.3 is 0 Å². The zero-order chi connectivity index (χ0) is 13.1. The van der Waals surface area contributed by atoms with Crippen LogP contribution < -0.4 is 15.2 Å². The van der Waals surface area contributed by atoms with E-state index in [0.29, 0.717) is 35.1 Å². The van der Waals surface area contributed by atoms with E-state index < -0.39 is 0 Å². The van der Waals surface area contributed by atoms with E-state index in [1.165, 1.54) is 0 Å². The van der Waals surface area contributed by atoms with E-state index in [1.54, 1.807) is 31.0 Å². The second-order valence-corrected chi connectivity index (χ2v) is 3.61. The minimum Gasteiger partial charge on any atom is -0.497 e. The molecule has 0 saturated heterocycles. The van der Waals surface area contributed by atoms with Gasteiger partial charge in [0.15, 0.2) is 5.82 Å². The first-order valence-corrected chi connectivity index (χ1v) is 5.49. The summed E-state index contributed by atoms with van der Waals surface area (Å²) >= 11 is 0.